The third kappa shape index (κ3) is 4.35. The number of methoxy groups -OCH3 is 2. The molecule has 1 aliphatic heterocycles. The number of nitrogens with one attached hydrogen (secondary N) is 1. The van der Waals surface area contributed by atoms with Crippen LogP contribution in [0.25, 0.3) is 27.5 Å². The number of hydrogen-bond donors (Lipinski definition) is 1. The van der Waals surface area contributed by atoms with Gasteiger partial charge < -0.3 is 34.8 Å². The van der Waals surface area contributed by atoms with Crippen molar-refractivity contribution in [2.24, 2.45) is 5.92 Å². The highest BCUT2D eigenvalue weighted by Crippen LogP contribution is 2.39. The van der Waals surface area contributed by atoms with E-state index in [2.05, 4.69) is 25.6 Å². The van der Waals surface area contributed by atoms with Gasteiger partial charge in [-0.1, -0.05) is 0 Å². The summed E-state index contributed by atoms with van der Waals surface area (Å²) in [6.07, 6.45) is 4.69. The van der Waals surface area contributed by atoms with E-state index in [-0.39, 0.29) is 28.8 Å². The van der Waals surface area contributed by atoms with Crippen molar-refractivity contribution in [2.45, 2.75) is 25.3 Å². The summed E-state index contributed by atoms with van der Waals surface area (Å²) in [6, 6.07) is 2.75. The van der Waals surface area contributed by atoms with Crippen molar-refractivity contribution in [2.75, 3.05) is 39.3 Å². The Bertz CT molecular complexity index is 1150. The summed E-state index contributed by atoms with van der Waals surface area (Å²) in [6.45, 7) is 1.91. The van der Waals surface area contributed by atoms with Crippen LogP contribution in [0.2, 0.25) is 0 Å². The first kappa shape index (κ1) is 21.6. The van der Waals surface area contributed by atoms with Gasteiger partial charge in [0, 0.05) is 36.7 Å². The molecule has 1 aromatic carbocycles. The van der Waals surface area contributed by atoms with Gasteiger partial charge in [-0.3, -0.25) is 0 Å². The van der Waals surface area contributed by atoms with Crippen LogP contribution < -0.4 is 14.8 Å². The zero-order valence-corrected chi connectivity index (χ0v) is 18.4. The van der Waals surface area contributed by atoms with Crippen molar-refractivity contribution < 1.29 is 23.0 Å². The molecule has 5 rings (SSSR count). The fraction of sp³-hybridized carbons (Fsp3) is 0.435. The molecule has 0 bridgehead atoms. The van der Waals surface area contributed by atoms with E-state index >= 15 is 8.78 Å². The standard InChI is InChI=1S/C23H24F2N5O3/c1-31-16-8-17(32-2)20(25)18(19(16)24)15-7-13-10-27-23(28-14-5-6-33-11-14)30-21(13)22(29-15)26-9-12-3-4-12/h7-8,10,12,14H,3-6,9,11H2,1-2H3,(H-,26,27,28,29,30)/q-1. The van der Waals surface area contributed by atoms with Gasteiger partial charge in [0.2, 0.25) is 0 Å². The number of fused-ring (bicyclic) bond motifs is 1. The number of benzene rings is 1. The Morgan fingerprint density at radius 2 is 1.85 bits per heavy atom. The van der Waals surface area contributed by atoms with Crippen LogP contribution in [-0.4, -0.2) is 55.0 Å². The number of halogens is 2. The average molecular weight is 456 g/mol. The number of pyridine rings is 1. The summed E-state index contributed by atoms with van der Waals surface area (Å²) >= 11 is 0. The number of anilines is 1. The van der Waals surface area contributed by atoms with Crippen molar-refractivity contribution in [3.8, 4) is 22.8 Å². The normalized spacial score (nSPS) is 17.9. The second-order valence-corrected chi connectivity index (χ2v) is 8.22. The molecule has 3 heterocycles. The van der Waals surface area contributed by atoms with E-state index < -0.39 is 11.6 Å². The molecule has 1 N–H and O–H groups in total. The molecule has 0 radical (unpaired) electrons. The predicted molar refractivity (Wildman–Crippen MR) is 119 cm³/mol. The van der Waals surface area contributed by atoms with E-state index in [9.17, 15) is 0 Å². The van der Waals surface area contributed by atoms with Gasteiger partial charge in [-0.05, 0) is 42.8 Å². The summed E-state index contributed by atoms with van der Waals surface area (Å²) < 4.78 is 45.8. The molecule has 33 heavy (non-hydrogen) atoms. The lowest BCUT2D eigenvalue weighted by molar-refractivity contribution is 0.196. The molecule has 174 valence electrons. The number of rotatable bonds is 8. The maximum atomic E-state index is 15.1. The molecule has 2 aromatic heterocycles. The van der Waals surface area contributed by atoms with Crippen molar-refractivity contribution in [1.29, 1.82) is 0 Å². The quantitative estimate of drug-likeness (QED) is 0.529. The van der Waals surface area contributed by atoms with E-state index in [0.717, 1.165) is 19.3 Å². The third-order valence-electron chi connectivity index (χ3n) is 5.84. The molecule has 3 aromatic rings. The van der Waals surface area contributed by atoms with Crippen molar-refractivity contribution >= 4 is 22.7 Å². The number of aromatic nitrogens is 3. The summed E-state index contributed by atoms with van der Waals surface area (Å²) in [5, 5.41) is 8.44. The van der Waals surface area contributed by atoms with Crippen LogP contribution in [-0.2, 0) is 4.74 Å². The highest BCUT2D eigenvalue weighted by atomic mass is 19.1. The van der Waals surface area contributed by atoms with Crippen molar-refractivity contribution in [3.05, 3.63) is 35.3 Å². The summed E-state index contributed by atoms with van der Waals surface area (Å²) in [4.78, 5) is 13.5. The first-order chi connectivity index (χ1) is 16.1. The monoisotopic (exact) mass is 456 g/mol. The van der Waals surface area contributed by atoms with Crippen molar-refractivity contribution in [3.63, 3.8) is 0 Å². The highest BCUT2D eigenvalue weighted by molar-refractivity contribution is 5.92. The van der Waals surface area contributed by atoms with Gasteiger partial charge in [0.15, 0.2) is 23.1 Å². The second kappa shape index (κ2) is 8.93. The Labute approximate surface area is 189 Å². The molecular weight excluding hydrogens is 432 g/mol. The van der Waals surface area contributed by atoms with Gasteiger partial charge in [-0.15, -0.1) is 0 Å². The van der Waals surface area contributed by atoms with Crippen LogP contribution in [0, 0.1) is 17.6 Å². The van der Waals surface area contributed by atoms with E-state index in [4.69, 9.17) is 14.2 Å². The third-order valence-corrected chi connectivity index (χ3v) is 5.84. The molecule has 1 saturated carbocycles. The highest BCUT2D eigenvalue weighted by Gasteiger charge is 2.25. The second-order valence-electron chi connectivity index (χ2n) is 8.22. The molecular formula is C23H24F2N5O3-. The molecule has 0 amide bonds. The van der Waals surface area contributed by atoms with Gasteiger partial charge in [-0.2, -0.15) is 0 Å². The topological polar surface area (TPSA) is 92.5 Å². The van der Waals surface area contributed by atoms with E-state index in [0.29, 0.717) is 48.3 Å². The molecule has 1 saturated heterocycles. The molecule has 8 nitrogen and oxygen atoms in total. The van der Waals surface area contributed by atoms with Crippen LogP contribution >= 0.6 is 0 Å². The molecule has 0 spiro atoms. The molecule has 1 unspecified atom stereocenters. The van der Waals surface area contributed by atoms with Gasteiger partial charge in [0.05, 0.1) is 32.1 Å². The lowest BCUT2D eigenvalue weighted by Gasteiger charge is -2.20. The molecule has 10 heteroatoms. The van der Waals surface area contributed by atoms with Crippen LogP contribution in [0.1, 0.15) is 19.3 Å². The fourth-order valence-corrected chi connectivity index (χ4v) is 3.80. The fourth-order valence-electron chi connectivity index (χ4n) is 3.80. The van der Waals surface area contributed by atoms with Crippen LogP contribution in [0.3, 0.4) is 0 Å². The number of nitrogens with zero attached hydrogens (tertiary/aromatic N) is 4. The minimum atomic E-state index is -0.857. The molecule has 1 atom stereocenters. The zero-order valence-electron chi connectivity index (χ0n) is 18.4. The van der Waals surface area contributed by atoms with E-state index in [1.807, 2.05) is 0 Å². The SMILES string of the molecule is COc1cc(OC)c(F)c(-c2cc3cnc([N-]C4CCOC4)nc3c(NCC3CC3)n2)c1F. The Balaban J connectivity index is 1.61. The average Bonchev–Trinajstić information content (AvgIpc) is 3.52. The Morgan fingerprint density at radius 1 is 1.09 bits per heavy atom. The lowest BCUT2D eigenvalue weighted by atomic mass is 10.1. The molecule has 1 aliphatic carbocycles. The van der Waals surface area contributed by atoms with E-state index in [1.54, 1.807) is 12.3 Å². The smallest absolute Gasteiger partial charge is 0.177 e. The Morgan fingerprint density at radius 3 is 2.48 bits per heavy atom. The minimum absolute atomic E-state index is 0.0185. The lowest BCUT2D eigenvalue weighted by Crippen LogP contribution is -2.09. The number of hydrogen-bond acceptors (Lipinski definition) is 7. The zero-order chi connectivity index (χ0) is 22.9. The van der Waals surface area contributed by atoms with Crippen LogP contribution in [0.15, 0.2) is 18.3 Å². The number of ether oxygens (including phenoxy) is 3. The van der Waals surface area contributed by atoms with Gasteiger partial charge in [0.25, 0.3) is 0 Å². The summed E-state index contributed by atoms with van der Waals surface area (Å²) in [5.74, 6) is -0.672. The predicted octanol–water partition coefficient (Wildman–Crippen LogP) is 4.60. The Kier molecular flexibility index (Phi) is 5.84. The van der Waals surface area contributed by atoms with E-state index in [1.165, 1.54) is 20.3 Å². The molecule has 2 aliphatic rings. The maximum Gasteiger partial charge on any atom is 0.177 e. The van der Waals surface area contributed by atoms with Gasteiger partial charge >= 0.3 is 0 Å². The van der Waals surface area contributed by atoms with Gasteiger partial charge in [0.1, 0.15) is 5.82 Å². The first-order valence-corrected chi connectivity index (χ1v) is 10.9. The van der Waals surface area contributed by atoms with Gasteiger partial charge in [-0.25, -0.2) is 13.8 Å². The first-order valence-electron chi connectivity index (χ1n) is 10.9. The minimum Gasteiger partial charge on any atom is -0.494 e. The maximum absolute atomic E-state index is 15.1. The van der Waals surface area contributed by atoms with Crippen molar-refractivity contribution in [1.82, 2.24) is 15.0 Å². The summed E-state index contributed by atoms with van der Waals surface area (Å²) in [5.41, 5.74) is 0.299. The largest absolute Gasteiger partial charge is 0.494 e. The van der Waals surface area contributed by atoms with Crippen LogP contribution in [0.5, 0.6) is 11.5 Å². The Hall–Kier alpha value is -3.27. The van der Waals surface area contributed by atoms with Crippen LogP contribution in [0.4, 0.5) is 20.5 Å². The molecule has 2 fully saturated rings. The summed E-state index contributed by atoms with van der Waals surface area (Å²) in [7, 11) is 2.62.